The van der Waals surface area contributed by atoms with Gasteiger partial charge in [0.05, 0.1) is 11.8 Å². The molecule has 8 heteroatoms. The van der Waals surface area contributed by atoms with Crippen molar-refractivity contribution in [2.45, 2.75) is 39.1 Å². The van der Waals surface area contributed by atoms with Crippen LogP contribution in [0.1, 0.15) is 37.0 Å². The fourth-order valence-electron chi connectivity index (χ4n) is 2.54. The number of nitrogens with zero attached hydrogens (tertiary/aromatic N) is 1. The van der Waals surface area contributed by atoms with Crippen LogP contribution in [0.25, 0.3) is 0 Å². The summed E-state index contributed by atoms with van der Waals surface area (Å²) in [6.07, 6.45) is -4.11. The summed E-state index contributed by atoms with van der Waals surface area (Å²) in [5.41, 5.74) is 0.335. The zero-order valence-electron chi connectivity index (χ0n) is 12.6. The van der Waals surface area contributed by atoms with Crippen LogP contribution in [0, 0.1) is 0 Å². The molecule has 0 bridgehead atoms. The number of carbonyl (C=O) groups excluding carboxylic acids is 2. The van der Waals surface area contributed by atoms with Crippen LogP contribution in [0.15, 0.2) is 12.1 Å². The summed E-state index contributed by atoms with van der Waals surface area (Å²) < 4.78 is 40.3. The molecule has 2 heterocycles. The molecular weight excluding hydrogens is 312 g/mol. The second-order valence-corrected chi connectivity index (χ2v) is 5.59. The Balaban J connectivity index is 2.04. The molecule has 0 unspecified atom stereocenters. The quantitative estimate of drug-likeness (QED) is 0.791. The number of ketones is 1. The van der Waals surface area contributed by atoms with E-state index in [1.807, 2.05) is 0 Å². The lowest BCUT2D eigenvalue weighted by atomic mass is 10.1. The highest BCUT2D eigenvalue weighted by atomic mass is 19.3. The summed E-state index contributed by atoms with van der Waals surface area (Å²) >= 11 is 0. The van der Waals surface area contributed by atoms with E-state index in [2.05, 4.69) is 9.47 Å². The molecule has 0 saturated heterocycles. The number of hydrogen-bond acceptors (Lipinski definition) is 5. The second kappa shape index (κ2) is 5.36. The van der Waals surface area contributed by atoms with E-state index in [1.165, 1.54) is 17.0 Å². The molecule has 0 aliphatic carbocycles. The molecule has 23 heavy (non-hydrogen) atoms. The largest absolute Gasteiger partial charge is 0.586 e. The lowest BCUT2D eigenvalue weighted by Crippen LogP contribution is -2.34. The fraction of sp³-hybridized carbons (Fsp3) is 0.467. The number of halogens is 2. The minimum absolute atomic E-state index is 0.142. The molecule has 6 nitrogen and oxygen atoms in total. The zero-order valence-corrected chi connectivity index (χ0v) is 12.6. The normalized spacial score (nSPS) is 18.7. The van der Waals surface area contributed by atoms with Crippen LogP contribution < -0.4 is 14.4 Å². The molecule has 2 aliphatic heterocycles. The summed E-state index contributed by atoms with van der Waals surface area (Å²) in [4.78, 5) is 25.7. The van der Waals surface area contributed by atoms with Crippen LogP contribution in [0.5, 0.6) is 11.5 Å². The Morgan fingerprint density at radius 1 is 1.30 bits per heavy atom. The van der Waals surface area contributed by atoms with Crippen molar-refractivity contribution in [3.63, 3.8) is 0 Å². The van der Waals surface area contributed by atoms with Gasteiger partial charge in [-0.15, -0.1) is 8.78 Å². The van der Waals surface area contributed by atoms with Crippen LogP contribution in [0.4, 0.5) is 19.3 Å². The minimum atomic E-state index is -3.78. The monoisotopic (exact) mass is 327 g/mol. The first-order valence-corrected chi connectivity index (χ1v) is 7.22. The molecule has 1 amide bonds. The molecule has 0 spiro atoms. The third kappa shape index (κ3) is 2.93. The summed E-state index contributed by atoms with van der Waals surface area (Å²) in [6.45, 7) is 3.64. The average Bonchev–Trinajstić information content (AvgIpc) is 2.64. The third-order valence-electron chi connectivity index (χ3n) is 3.45. The zero-order chi connectivity index (χ0) is 16.8. The van der Waals surface area contributed by atoms with Crippen molar-refractivity contribution in [3.05, 3.63) is 17.7 Å². The minimum Gasteiger partial charge on any atom is -0.446 e. The van der Waals surface area contributed by atoms with Gasteiger partial charge < -0.3 is 14.2 Å². The van der Waals surface area contributed by atoms with Crippen LogP contribution in [-0.2, 0) is 4.74 Å². The Morgan fingerprint density at radius 2 is 1.96 bits per heavy atom. The van der Waals surface area contributed by atoms with Gasteiger partial charge in [0.2, 0.25) is 0 Å². The van der Waals surface area contributed by atoms with E-state index in [1.54, 1.807) is 13.8 Å². The van der Waals surface area contributed by atoms with E-state index in [0.717, 1.165) is 0 Å². The van der Waals surface area contributed by atoms with Gasteiger partial charge in [-0.1, -0.05) is 0 Å². The van der Waals surface area contributed by atoms with Crippen LogP contribution >= 0.6 is 0 Å². The van der Waals surface area contributed by atoms with Gasteiger partial charge in [-0.25, -0.2) is 4.79 Å². The van der Waals surface area contributed by atoms with Crippen molar-refractivity contribution < 1.29 is 32.6 Å². The molecule has 1 aromatic rings. The van der Waals surface area contributed by atoms with E-state index in [4.69, 9.17) is 4.74 Å². The Morgan fingerprint density at radius 3 is 2.61 bits per heavy atom. The molecule has 2 aliphatic rings. The number of amides is 1. The molecular formula is C15H15F2NO5. The van der Waals surface area contributed by atoms with E-state index < -0.39 is 12.4 Å². The smallest absolute Gasteiger partial charge is 0.446 e. The predicted octanol–water partition coefficient (Wildman–Crippen LogP) is 3.34. The van der Waals surface area contributed by atoms with Gasteiger partial charge in [0.15, 0.2) is 17.3 Å². The Labute approximate surface area is 130 Å². The van der Waals surface area contributed by atoms with Crippen molar-refractivity contribution in [3.8, 4) is 11.5 Å². The third-order valence-corrected chi connectivity index (χ3v) is 3.45. The molecule has 1 aromatic carbocycles. The highest BCUT2D eigenvalue weighted by Crippen LogP contribution is 2.45. The SMILES string of the molecule is CC(C)OC(=O)N1CCCC(=O)c2cc3c(cc21)OC(F)(F)O3. The van der Waals surface area contributed by atoms with Crippen molar-refractivity contribution in [2.75, 3.05) is 11.4 Å². The molecule has 0 atom stereocenters. The maximum absolute atomic E-state index is 13.2. The fourth-order valence-corrected chi connectivity index (χ4v) is 2.54. The Bertz CT molecular complexity index is 674. The average molecular weight is 327 g/mol. The lowest BCUT2D eigenvalue weighted by molar-refractivity contribution is -0.286. The Hall–Kier alpha value is -2.38. The summed E-state index contributed by atoms with van der Waals surface area (Å²) in [5, 5.41) is 0. The van der Waals surface area contributed by atoms with Gasteiger partial charge in [-0.05, 0) is 26.3 Å². The van der Waals surface area contributed by atoms with Crippen LogP contribution in [0.3, 0.4) is 0 Å². The molecule has 0 saturated carbocycles. The molecule has 0 fully saturated rings. The first kappa shape index (κ1) is 15.5. The molecule has 124 valence electrons. The number of ether oxygens (including phenoxy) is 3. The van der Waals surface area contributed by atoms with Gasteiger partial charge in [-0.2, -0.15) is 0 Å². The van der Waals surface area contributed by atoms with Crippen LogP contribution in [-0.4, -0.2) is 30.8 Å². The van der Waals surface area contributed by atoms with E-state index in [9.17, 15) is 18.4 Å². The van der Waals surface area contributed by atoms with Gasteiger partial charge in [0.1, 0.15) is 0 Å². The van der Waals surface area contributed by atoms with Gasteiger partial charge in [0, 0.05) is 24.6 Å². The number of fused-ring (bicyclic) bond motifs is 2. The number of alkyl halides is 2. The van der Waals surface area contributed by atoms with E-state index in [-0.39, 0.29) is 47.6 Å². The van der Waals surface area contributed by atoms with Crippen molar-refractivity contribution in [1.82, 2.24) is 0 Å². The number of carbonyl (C=O) groups is 2. The summed E-state index contributed by atoms with van der Waals surface area (Å²) in [6, 6.07) is 2.41. The number of Topliss-reactive ketones (excluding diaryl/α,β-unsaturated/α-hetero) is 1. The number of anilines is 1. The number of benzene rings is 1. The molecule has 0 N–H and O–H groups in total. The first-order chi connectivity index (χ1) is 10.8. The van der Waals surface area contributed by atoms with Gasteiger partial charge in [0.25, 0.3) is 0 Å². The van der Waals surface area contributed by atoms with Crippen molar-refractivity contribution >= 4 is 17.6 Å². The number of rotatable bonds is 1. The van der Waals surface area contributed by atoms with Crippen LogP contribution in [0.2, 0.25) is 0 Å². The van der Waals surface area contributed by atoms with Crippen molar-refractivity contribution in [1.29, 1.82) is 0 Å². The standard InChI is InChI=1S/C15H15F2NO5/c1-8(2)21-14(20)18-5-3-4-11(19)9-6-12-13(7-10(9)18)23-15(16,17)22-12/h6-8H,3-5H2,1-2H3. The van der Waals surface area contributed by atoms with Gasteiger partial charge >= 0.3 is 12.4 Å². The predicted molar refractivity (Wildman–Crippen MR) is 75.2 cm³/mol. The maximum Gasteiger partial charge on any atom is 0.586 e. The van der Waals surface area contributed by atoms with E-state index >= 15 is 0 Å². The second-order valence-electron chi connectivity index (χ2n) is 5.59. The Kier molecular flexibility index (Phi) is 3.62. The molecule has 0 radical (unpaired) electrons. The summed E-state index contributed by atoms with van der Waals surface area (Å²) in [5.74, 6) is -0.687. The molecule has 0 aromatic heterocycles. The van der Waals surface area contributed by atoms with E-state index in [0.29, 0.717) is 6.42 Å². The van der Waals surface area contributed by atoms with Crippen molar-refractivity contribution in [2.24, 2.45) is 0 Å². The maximum atomic E-state index is 13.2. The highest BCUT2D eigenvalue weighted by molar-refractivity contribution is 6.06. The number of hydrogen-bond donors (Lipinski definition) is 0. The lowest BCUT2D eigenvalue weighted by Gasteiger charge is -2.23. The summed E-state index contributed by atoms with van der Waals surface area (Å²) in [7, 11) is 0. The topological polar surface area (TPSA) is 65.1 Å². The molecule has 3 rings (SSSR count). The highest BCUT2D eigenvalue weighted by Gasteiger charge is 2.44. The van der Waals surface area contributed by atoms with Gasteiger partial charge in [-0.3, -0.25) is 9.69 Å². The first-order valence-electron chi connectivity index (χ1n) is 7.22.